The molecule has 1 atom stereocenters. The summed E-state index contributed by atoms with van der Waals surface area (Å²) in [5.74, 6) is 1.16. The standard InChI is InChI=1S/C22H25NO4/c1-22(2,3)23-13-16(24)14-26-17-10-8-15(9-11-17)21-12-19(25)18-6-4-5-7-20(18)27-21/h4-12,16,23-24H,13-14H2,1-3H3. The molecule has 0 aliphatic heterocycles. The summed E-state index contributed by atoms with van der Waals surface area (Å²) in [6.07, 6.45) is -0.595. The van der Waals surface area contributed by atoms with E-state index in [4.69, 9.17) is 9.15 Å². The van der Waals surface area contributed by atoms with E-state index in [1.165, 1.54) is 6.07 Å². The molecule has 0 amide bonds. The second-order valence-corrected chi connectivity index (χ2v) is 7.59. The largest absolute Gasteiger partial charge is 0.491 e. The zero-order chi connectivity index (χ0) is 19.4. The van der Waals surface area contributed by atoms with Crippen molar-refractivity contribution in [2.45, 2.75) is 32.4 Å². The number of fused-ring (bicyclic) bond motifs is 1. The molecule has 0 aliphatic carbocycles. The van der Waals surface area contributed by atoms with Crippen LogP contribution < -0.4 is 15.5 Å². The molecule has 3 aromatic rings. The van der Waals surface area contributed by atoms with Gasteiger partial charge in [-0.05, 0) is 57.2 Å². The van der Waals surface area contributed by atoms with Crippen LogP contribution >= 0.6 is 0 Å². The monoisotopic (exact) mass is 367 g/mol. The Hall–Kier alpha value is -2.63. The number of aliphatic hydroxyl groups excluding tert-OH is 1. The van der Waals surface area contributed by atoms with Gasteiger partial charge in [-0.15, -0.1) is 0 Å². The smallest absolute Gasteiger partial charge is 0.193 e. The Morgan fingerprint density at radius 1 is 1.11 bits per heavy atom. The van der Waals surface area contributed by atoms with Crippen molar-refractivity contribution in [3.63, 3.8) is 0 Å². The molecule has 0 saturated carbocycles. The van der Waals surface area contributed by atoms with Gasteiger partial charge in [0.05, 0.1) is 5.39 Å². The fourth-order valence-electron chi connectivity index (χ4n) is 2.64. The number of β-amino-alcohol motifs (C(OH)–C–C–N with tert-alkyl or cyclic N) is 1. The SMILES string of the molecule is CC(C)(C)NCC(O)COc1ccc(-c2cc(=O)c3ccccc3o2)cc1. The predicted octanol–water partition coefficient (Wildman–Crippen LogP) is 3.59. The van der Waals surface area contributed by atoms with Gasteiger partial charge in [0, 0.05) is 23.7 Å². The Balaban J connectivity index is 1.66. The van der Waals surface area contributed by atoms with Gasteiger partial charge in [0.25, 0.3) is 0 Å². The topological polar surface area (TPSA) is 71.7 Å². The molecule has 3 rings (SSSR count). The third-order valence-electron chi connectivity index (χ3n) is 4.08. The fourth-order valence-corrected chi connectivity index (χ4v) is 2.64. The minimum atomic E-state index is -0.595. The number of hydrogen-bond donors (Lipinski definition) is 2. The van der Waals surface area contributed by atoms with Gasteiger partial charge >= 0.3 is 0 Å². The first-order chi connectivity index (χ1) is 12.8. The average molecular weight is 367 g/mol. The van der Waals surface area contributed by atoms with Crippen LogP contribution in [0.2, 0.25) is 0 Å². The van der Waals surface area contributed by atoms with Crippen molar-refractivity contribution in [3.8, 4) is 17.1 Å². The number of rotatable bonds is 6. The predicted molar refractivity (Wildman–Crippen MR) is 107 cm³/mol. The van der Waals surface area contributed by atoms with Gasteiger partial charge < -0.3 is 19.6 Å². The summed E-state index contributed by atoms with van der Waals surface area (Å²) in [5.41, 5.74) is 1.24. The van der Waals surface area contributed by atoms with Crippen molar-refractivity contribution in [2.75, 3.05) is 13.2 Å². The molecule has 2 N–H and O–H groups in total. The molecule has 1 unspecified atom stereocenters. The normalized spacial score (nSPS) is 12.9. The van der Waals surface area contributed by atoms with Crippen LogP contribution in [-0.2, 0) is 0 Å². The van der Waals surface area contributed by atoms with Crippen molar-refractivity contribution in [1.82, 2.24) is 5.32 Å². The van der Waals surface area contributed by atoms with Crippen LogP contribution in [0.1, 0.15) is 20.8 Å². The Morgan fingerprint density at radius 3 is 2.52 bits per heavy atom. The summed E-state index contributed by atoms with van der Waals surface area (Å²) in [6, 6.07) is 16.0. The molecule has 5 heteroatoms. The molecule has 27 heavy (non-hydrogen) atoms. The molecule has 0 fully saturated rings. The molecule has 142 valence electrons. The van der Waals surface area contributed by atoms with Gasteiger partial charge in [0.2, 0.25) is 0 Å². The van der Waals surface area contributed by atoms with E-state index in [1.54, 1.807) is 24.3 Å². The molecule has 0 radical (unpaired) electrons. The molecular formula is C22H25NO4. The maximum Gasteiger partial charge on any atom is 0.193 e. The summed E-state index contributed by atoms with van der Waals surface area (Å²) in [6.45, 7) is 6.80. The molecule has 0 aliphatic rings. The molecule has 2 aromatic carbocycles. The fraction of sp³-hybridized carbons (Fsp3) is 0.318. The molecule has 0 spiro atoms. The highest BCUT2D eigenvalue weighted by atomic mass is 16.5. The lowest BCUT2D eigenvalue weighted by Gasteiger charge is -2.22. The van der Waals surface area contributed by atoms with Gasteiger partial charge in [-0.25, -0.2) is 0 Å². The van der Waals surface area contributed by atoms with Crippen molar-refractivity contribution in [1.29, 1.82) is 0 Å². The third-order valence-corrected chi connectivity index (χ3v) is 4.08. The van der Waals surface area contributed by atoms with Crippen LogP contribution in [0.5, 0.6) is 5.75 Å². The quantitative estimate of drug-likeness (QED) is 0.697. The minimum Gasteiger partial charge on any atom is -0.491 e. The highest BCUT2D eigenvalue weighted by Crippen LogP contribution is 2.24. The summed E-state index contributed by atoms with van der Waals surface area (Å²) in [5, 5.41) is 13.8. The highest BCUT2D eigenvalue weighted by molar-refractivity contribution is 5.78. The second kappa shape index (κ2) is 7.94. The zero-order valence-electron chi connectivity index (χ0n) is 15.9. The average Bonchev–Trinajstić information content (AvgIpc) is 2.64. The Kier molecular flexibility index (Phi) is 5.63. The molecule has 5 nitrogen and oxygen atoms in total. The van der Waals surface area contributed by atoms with E-state index < -0.39 is 6.10 Å². The van der Waals surface area contributed by atoms with E-state index in [9.17, 15) is 9.90 Å². The number of benzene rings is 2. The van der Waals surface area contributed by atoms with Crippen molar-refractivity contribution in [2.24, 2.45) is 0 Å². The van der Waals surface area contributed by atoms with E-state index in [-0.39, 0.29) is 17.6 Å². The lowest BCUT2D eigenvalue weighted by molar-refractivity contribution is 0.100. The van der Waals surface area contributed by atoms with Crippen LogP contribution in [-0.4, -0.2) is 29.9 Å². The van der Waals surface area contributed by atoms with Crippen molar-refractivity contribution < 1.29 is 14.3 Å². The number of hydrogen-bond acceptors (Lipinski definition) is 5. The Morgan fingerprint density at radius 2 is 1.81 bits per heavy atom. The van der Waals surface area contributed by atoms with Crippen LogP contribution in [0.4, 0.5) is 0 Å². The number of ether oxygens (including phenoxy) is 1. The van der Waals surface area contributed by atoms with Crippen LogP contribution in [0.3, 0.4) is 0 Å². The first kappa shape index (κ1) is 19.1. The van der Waals surface area contributed by atoms with E-state index in [2.05, 4.69) is 5.32 Å². The van der Waals surface area contributed by atoms with E-state index in [0.29, 0.717) is 29.0 Å². The summed E-state index contributed by atoms with van der Waals surface area (Å²) >= 11 is 0. The molecule has 1 heterocycles. The zero-order valence-corrected chi connectivity index (χ0v) is 15.9. The van der Waals surface area contributed by atoms with Crippen molar-refractivity contribution >= 4 is 11.0 Å². The molecular weight excluding hydrogens is 342 g/mol. The molecule has 0 saturated heterocycles. The third kappa shape index (κ3) is 5.18. The van der Waals surface area contributed by atoms with Crippen LogP contribution in [0.25, 0.3) is 22.3 Å². The first-order valence-electron chi connectivity index (χ1n) is 9.01. The van der Waals surface area contributed by atoms with Gasteiger partial charge in [-0.3, -0.25) is 4.79 Å². The highest BCUT2D eigenvalue weighted by Gasteiger charge is 2.13. The van der Waals surface area contributed by atoms with Gasteiger partial charge in [0.15, 0.2) is 5.43 Å². The lowest BCUT2D eigenvalue weighted by Crippen LogP contribution is -2.42. The number of para-hydroxylation sites is 1. The minimum absolute atomic E-state index is 0.0492. The van der Waals surface area contributed by atoms with Crippen LogP contribution in [0.15, 0.2) is 63.8 Å². The summed E-state index contributed by atoms with van der Waals surface area (Å²) < 4.78 is 11.5. The van der Waals surface area contributed by atoms with E-state index >= 15 is 0 Å². The second-order valence-electron chi connectivity index (χ2n) is 7.59. The Bertz CT molecular complexity index is 954. The van der Waals surface area contributed by atoms with Crippen molar-refractivity contribution in [3.05, 3.63) is 64.8 Å². The van der Waals surface area contributed by atoms with Gasteiger partial charge in [0.1, 0.15) is 29.8 Å². The maximum absolute atomic E-state index is 12.2. The lowest BCUT2D eigenvalue weighted by atomic mass is 10.1. The van der Waals surface area contributed by atoms with E-state index in [1.807, 2.05) is 45.0 Å². The summed E-state index contributed by atoms with van der Waals surface area (Å²) in [7, 11) is 0. The van der Waals surface area contributed by atoms with E-state index in [0.717, 1.165) is 5.56 Å². The Labute approximate surface area is 158 Å². The number of aliphatic hydroxyl groups is 1. The first-order valence-corrected chi connectivity index (χ1v) is 9.01. The maximum atomic E-state index is 12.2. The molecule has 1 aromatic heterocycles. The van der Waals surface area contributed by atoms with Gasteiger partial charge in [-0.2, -0.15) is 0 Å². The molecule has 0 bridgehead atoms. The number of nitrogens with one attached hydrogen (secondary N) is 1. The van der Waals surface area contributed by atoms with Crippen LogP contribution in [0, 0.1) is 0 Å². The summed E-state index contributed by atoms with van der Waals surface area (Å²) in [4.78, 5) is 12.2. The van der Waals surface area contributed by atoms with Gasteiger partial charge in [-0.1, -0.05) is 12.1 Å².